The molecule has 0 aromatic rings. The molecule has 0 radical (unpaired) electrons. The fourth-order valence-electron chi connectivity index (χ4n) is 0.574. The van der Waals surface area contributed by atoms with Crippen LogP contribution in [0.5, 0.6) is 0 Å². The second-order valence-corrected chi connectivity index (χ2v) is 16.9. The summed E-state index contributed by atoms with van der Waals surface area (Å²) in [5, 5.41) is 0.522. The molecular formula is C8H22OSi2. The Morgan fingerprint density at radius 3 is 2.00 bits per heavy atom. The molecule has 3 heteroatoms. The maximum atomic E-state index is 5.63. The molecule has 0 heterocycles. The molecule has 0 spiro atoms. The van der Waals surface area contributed by atoms with E-state index in [0.717, 1.165) is 6.61 Å². The summed E-state index contributed by atoms with van der Waals surface area (Å²) < 4.78 is 5.63. The molecule has 0 rings (SSSR count). The summed E-state index contributed by atoms with van der Waals surface area (Å²) in [6, 6.07) is 0. The van der Waals surface area contributed by atoms with Gasteiger partial charge in [-0.2, -0.15) is 0 Å². The summed E-state index contributed by atoms with van der Waals surface area (Å²) in [5.74, 6) is 0. The molecule has 68 valence electrons. The topological polar surface area (TPSA) is 9.23 Å². The van der Waals surface area contributed by atoms with E-state index in [1.165, 1.54) is 0 Å². The molecule has 11 heavy (non-hydrogen) atoms. The fraction of sp³-hybridized carbons (Fsp3) is 1.00. The zero-order valence-corrected chi connectivity index (χ0v) is 11.2. The van der Waals surface area contributed by atoms with E-state index in [9.17, 15) is 0 Å². The molecule has 0 amide bonds. The molecule has 0 fully saturated rings. The summed E-state index contributed by atoms with van der Waals surface area (Å²) in [6.45, 7) is 15.0. The van der Waals surface area contributed by atoms with Crippen LogP contribution in [0.25, 0.3) is 0 Å². The van der Waals surface area contributed by atoms with E-state index in [1.807, 2.05) is 0 Å². The summed E-state index contributed by atoms with van der Waals surface area (Å²) in [6.07, 6.45) is 0. The van der Waals surface area contributed by atoms with Gasteiger partial charge < -0.3 is 4.43 Å². The average Bonchev–Trinajstić information content (AvgIpc) is 1.81. The molecule has 0 aliphatic heterocycles. The third-order valence-corrected chi connectivity index (χ3v) is 14.1. The van der Waals surface area contributed by atoms with E-state index < -0.39 is 7.59 Å². The Balaban J connectivity index is 4.00. The van der Waals surface area contributed by atoms with Crippen molar-refractivity contribution < 1.29 is 4.43 Å². The van der Waals surface area contributed by atoms with Crippen molar-refractivity contribution in [3.8, 4) is 0 Å². The zero-order valence-electron chi connectivity index (χ0n) is 8.82. The lowest BCUT2D eigenvalue weighted by molar-refractivity contribution is 0.368. The van der Waals surface area contributed by atoms with Crippen molar-refractivity contribution in [1.29, 1.82) is 0 Å². The van der Waals surface area contributed by atoms with Gasteiger partial charge in [0.1, 0.15) is 0 Å². The van der Waals surface area contributed by atoms with Crippen molar-refractivity contribution in [2.24, 2.45) is 0 Å². The van der Waals surface area contributed by atoms with Crippen molar-refractivity contribution in [2.75, 3.05) is 6.61 Å². The summed E-state index contributed by atoms with van der Waals surface area (Å²) in [5.41, 5.74) is 0. The van der Waals surface area contributed by atoms with Crippen LogP contribution in [-0.2, 0) is 4.43 Å². The minimum atomic E-state index is -1.01. The first kappa shape index (κ1) is 11.4. The van der Waals surface area contributed by atoms with Gasteiger partial charge in [-0.05, 0) is 12.0 Å². The van der Waals surface area contributed by atoms with Gasteiger partial charge in [0, 0.05) is 6.61 Å². The maximum Gasteiger partial charge on any atom is 0.151 e. The first-order valence-electron chi connectivity index (χ1n) is 4.39. The Kier molecular flexibility index (Phi) is 4.01. The van der Waals surface area contributed by atoms with Gasteiger partial charge in [-0.15, -0.1) is 0 Å². The van der Waals surface area contributed by atoms with Crippen LogP contribution in [0.4, 0.5) is 0 Å². The predicted molar refractivity (Wildman–Crippen MR) is 57.4 cm³/mol. The molecule has 0 bridgehead atoms. The van der Waals surface area contributed by atoms with Crippen LogP contribution in [0.15, 0.2) is 0 Å². The van der Waals surface area contributed by atoms with Crippen molar-refractivity contribution in [3.05, 3.63) is 0 Å². The van der Waals surface area contributed by atoms with E-state index >= 15 is 0 Å². The maximum absolute atomic E-state index is 5.63. The lowest BCUT2D eigenvalue weighted by Crippen LogP contribution is -2.45. The number of hydrogen-bond donors (Lipinski definition) is 0. The summed E-state index contributed by atoms with van der Waals surface area (Å²) >= 11 is 0. The predicted octanol–water partition coefficient (Wildman–Crippen LogP) is 2.11. The van der Waals surface area contributed by atoms with Gasteiger partial charge in [0.15, 0.2) is 9.28 Å². The Hall–Kier alpha value is 0.394. The first-order valence-corrected chi connectivity index (χ1v) is 10.3. The van der Waals surface area contributed by atoms with Gasteiger partial charge >= 0.3 is 0 Å². The molecule has 0 atom stereocenters. The number of hydrogen-bond acceptors (Lipinski definition) is 1. The quantitative estimate of drug-likeness (QED) is 0.620. The normalized spacial score (nSPS) is 14.7. The lowest BCUT2D eigenvalue weighted by Gasteiger charge is -2.35. The summed E-state index contributed by atoms with van der Waals surface area (Å²) in [7, 11) is -1.24. The highest BCUT2D eigenvalue weighted by Gasteiger charge is 2.35. The summed E-state index contributed by atoms with van der Waals surface area (Å²) in [4.78, 5) is 0. The van der Waals surface area contributed by atoms with Crippen LogP contribution < -0.4 is 0 Å². The standard InChI is InChI=1S/C8H22OSi2/c1-7-9-10-11(5,6)8(2,3)4/h7,10H2,1-6H3. The molecule has 0 aromatic heterocycles. The molecule has 0 aliphatic carbocycles. The first-order chi connectivity index (χ1) is 4.81. The van der Waals surface area contributed by atoms with E-state index in [0.29, 0.717) is 5.04 Å². The Labute approximate surface area is 74.3 Å². The van der Waals surface area contributed by atoms with Crippen LogP contribution in [0.1, 0.15) is 27.7 Å². The molecule has 0 aromatic carbocycles. The van der Waals surface area contributed by atoms with Gasteiger partial charge in [0.2, 0.25) is 0 Å². The van der Waals surface area contributed by atoms with Crippen LogP contribution in [0.3, 0.4) is 0 Å². The Morgan fingerprint density at radius 2 is 1.73 bits per heavy atom. The molecule has 0 aliphatic rings. The van der Waals surface area contributed by atoms with Crippen LogP contribution >= 0.6 is 0 Å². The van der Waals surface area contributed by atoms with Crippen LogP contribution in [0, 0.1) is 0 Å². The van der Waals surface area contributed by atoms with Gasteiger partial charge in [-0.1, -0.05) is 33.9 Å². The highest BCUT2D eigenvalue weighted by Crippen LogP contribution is 2.34. The van der Waals surface area contributed by atoms with E-state index in [-0.39, 0.29) is 9.28 Å². The van der Waals surface area contributed by atoms with Gasteiger partial charge in [-0.25, -0.2) is 0 Å². The largest absolute Gasteiger partial charge is 0.427 e. The van der Waals surface area contributed by atoms with Gasteiger partial charge in [0.25, 0.3) is 0 Å². The lowest BCUT2D eigenvalue weighted by atomic mass is 10.2. The molecule has 0 N–H and O–H groups in total. The molecule has 1 nitrogen and oxygen atoms in total. The third-order valence-electron chi connectivity index (χ3n) is 2.70. The van der Waals surface area contributed by atoms with Crippen molar-refractivity contribution in [3.63, 3.8) is 0 Å². The zero-order chi connectivity index (χ0) is 9.12. The monoisotopic (exact) mass is 190 g/mol. The Morgan fingerprint density at radius 1 is 1.27 bits per heavy atom. The average molecular weight is 190 g/mol. The van der Waals surface area contributed by atoms with Crippen molar-refractivity contribution in [1.82, 2.24) is 0 Å². The van der Waals surface area contributed by atoms with Gasteiger partial charge in [-0.3, -0.25) is 0 Å². The smallest absolute Gasteiger partial charge is 0.151 e. The number of rotatable bonds is 3. The molecule has 0 unspecified atom stereocenters. The van der Waals surface area contributed by atoms with Crippen molar-refractivity contribution >= 4 is 16.9 Å². The minimum absolute atomic E-state index is 0.226. The molecule has 0 saturated carbocycles. The third kappa shape index (κ3) is 3.53. The van der Waals surface area contributed by atoms with Gasteiger partial charge in [0.05, 0.1) is 7.59 Å². The van der Waals surface area contributed by atoms with E-state index in [4.69, 9.17) is 4.43 Å². The van der Waals surface area contributed by atoms with Crippen LogP contribution in [-0.4, -0.2) is 23.5 Å². The highest BCUT2D eigenvalue weighted by molar-refractivity contribution is 7.22. The fourth-order valence-corrected chi connectivity index (χ4v) is 5.16. The highest BCUT2D eigenvalue weighted by atomic mass is 29.2. The second kappa shape index (κ2) is 3.87. The van der Waals surface area contributed by atoms with E-state index in [1.54, 1.807) is 0 Å². The van der Waals surface area contributed by atoms with Crippen molar-refractivity contribution in [2.45, 2.75) is 45.8 Å². The Bertz CT molecular complexity index is 116. The second-order valence-electron chi connectivity index (χ2n) is 4.77. The van der Waals surface area contributed by atoms with E-state index in [2.05, 4.69) is 40.8 Å². The minimum Gasteiger partial charge on any atom is -0.427 e. The molecular weight excluding hydrogens is 168 g/mol. The SMILES string of the molecule is CCO[SiH2][Si](C)(C)C(C)(C)C. The van der Waals surface area contributed by atoms with Crippen LogP contribution in [0.2, 0.25) is 18.1 Å². The molecule has 0 saturated heterocycles.